The number of rotatable bonds is 6. The van der Waals surface area contributed by atoms with Crippen LogP contribution in [-0.2, 0) is 11.3 Å². The van der Waals surface area contributed by atoms with E-state index in [9.17, 15) is 4.79 Å². The Balaban J connectivity index is 1.89. The molecule has 3 rings (SSSR count). The zero-order chi connectivity index (χ0) is 16.2. The third-order valence-electron chi connectivity index (χ3n) is 4.86. The van der Waals surface area contributed by atoms with Gasteiger partial charge in [0, 0.05) is 5.69 Å². The molecule has 0 aliphatic carbocycles. The number of fused-ring (bicyclic) bond motifs is 1. The number of benzene rings is 2. The number of amides is 1. The molecule has 0 radical (unpaired) electrons. The monoisotopic (exact) mass is 307 g/mol. The maximum Gasteiger partial charge on any atom is 0.235 e. The van der Waals surface area contributed by atoms with Gasteiger partial charge in [-0.25, -0.2) is 0 Å². The molecular weight excluding hydrogens is 282 g/mol. The molecule has 2 nitrogen and oxygen atoms in total. The lowest BCUT2D eigenvalue weighted by Crippen LogP contribution is -2.30. The predicted octanol–water partition coefficient (Wildman–Crippen LogP) is 5.14. The van der Waals surface area contributed by atoms with Crippen LogP contribution >= 0.6 is 0 Å². The van der Waals surface area contributed by atoms with E-state index in [1.165, 1.54) is 24.0 Å². The molecule has 1 aliphatic rings. The van der Waals surface area contributed by atoms with E-state index in [-0.39, 0.29) is 11.8 Å². The highest BCUT2D eigenvalue weighted by molar-refractivity contribution is 6.05. The zero-order valence-corrected chi connectivity index (χ0v) is 14.0. The Morgan fingerprint density at radius 1 is 1.04 bits per heavy atom. The molecule has 1 heterocycles. The first kappa shape index (κ1) is 15.8. The fourth-order valence-electron chi connectivity index (χ4n) is 3.59. The summed E-state index contributed by atoms with van der Waals surface area (Å²) in [4.78, 5) is 15.1. The highest BCUT2D eigenvalue weighted by Gasteiger charge is 2.39. The lowest BCUT2D eigenvalue weighted by atomic mass is 9.85. The molecule has 0 saturated carbocycles. The molecule has 1 amide bonds. The van der Waals surface area contributed by atoms with Gasteiger partial charge in [-0.2, -0.15) is 0 Å². The van der Waals surface area contributed by atoms with Gasteiger partial charge in [-0.1, -0.05) is 75.2 Å². The van der Waals surface area contributed by atoms with Crippen LogP contribution in [0.15, 0.2) is 54.6 Å². The van der Waals surface area contributed by atoms with Crippen molar-refractivity contribution in [2.75, 3.05) is 4.90 Å². The molecule has 0 N–H and O–H groups in total. The van der Waals surface area contributed by atoms with Crippen LogP contribution in [0.2, 0.25) is 0 Å². The standard InChI is InChI=1S/C21H25NO/c1-3-4-10-16(2)20-18-13-8-9-14-19(18)22(21(20)23)15-17-11-6-5-7-12-17/h5-9,11-14,16,20H,3-4,10,15H2,1-2H3/t16-,20?/m0/s1. The summed E-state index contributed by atoms with van der Waals surface area (Å²) in [7, 11) is 0. The number of nitrogens with zero attached hydrogens (tertiary/aromatic N) is 1. The summed E-state index contributed by atoms with van der Waals surface area (Å²) >= 11 is 0. The number of anilines is 1. The first-order chi connectivity index (χ1) is 11.2. The van der Waals surface area contributed by atoms with Crippen molar-refractivity contribution < 1.29 is 4.79 Å². The van der Waals surface area contributed by atoms with E-state index in [0.717, 1.165) is 12.1 Å². The topological polar surface area (TPSA) is 20.3 Å². The highest BCUT2D eigenvalue weighted by Crippen LogP contribution is 2.43. The van der Waals surface area contributed by atoms with E-state index in [0.29, 0.717) is 12.5 Å². The normalized spacial score (nSPS) is 18.1. The largest absolute Gasteiger partial charge is 0.307 e. The number of carbonyl (C=O) groups excluding carboxylic acids is 1. The van der Waals surface area contributed by atoms with Crippen LogP contribution < -0.4 is 4.90 Å². The third-order valence-corrected chi connectivity index (χ3v) is 4.86. The predicted molar refractivity (Wildman–Crippen MR) is 95.5 cm³/mol. The van der Waals surface area contributed by atoms with Crippen LogP contribution in [0.1, 0.15) is 50.2 Å². The molecule has 0 bridgehead atoms. The summed E-state index contributed by atoms with van der Waals surface area (Å²) in [5.74, 6) is 0.671. The van der Waals surface area contributed by atoms with Crippen molar-refractivity contribution in [2.24, 2.45) is 5.92 Å². The quantitative estimate of drug-likeness (QED) is 0.723. The summed E-state index contributed by atoms with van der Waals surface area (Å²) in [6.07, 6.45) is 3.48. The third kappa shape index (κ3) is 3.17. The number of hydrogen-bond acceptors (Lipinski definition) is 1. The fraction of sp³-hybridized carbons (Fsp3) is 0.381. The van der Waals surface area contributed by atoms with Crippen molar-refractivity contribution >= 4 is 11.6 Å². The van der Waals surface area contributed by atoms with Gasteiger partial charge in [0.15, 0.2) is 0 Å². The molecule has 2 aromatic carbocycles. The van der Waals surface area contributed by atoms with Crippen molar-refractivity contribution in [3.05, 3.63) is 65.7 Å². The van der Waals surface area contributed by atoms with Crippen LogP contribution in [0, 0.1) is 5.92 Å². The second kappa shape index (κ2) is 6.99. The molecule has 120 valence electrons. The van der Waals surface area contributed by atoms with Crippen LogP contribution in [-0.4, -0.2) is 5.91 Å². The van der Waals surface area contributed by atoms with Crippen molar-refractivity contribution in [3.8, 4) is 0 Å². The Morgan fingerprint density at radius 3 is 2.48 bits per heavy atom. The van der Waals surface area contributed by atoms with Crippen molar-refractivity contribution in [1.82, 2.24) is 0 Å². The minimum absolute atomic E-state index is 0.0152. The summed E-state index contributed by atoms with van der Waals surface area (Å²) in [5, 5.41) is 0. The van der Waals surface area contributed by atoms with Gasteiger partial charge in [-0.3, -0.25) is 4.79 Å². The summed E-state index contributed by atoms with van der Waals surface area (Å²) in [6, 6.07) is 18.5. The average Bonchev–Trinajstić information content (AvgIpc) is 2.86. The van der Waals surface area contributed by atoms with Crippen molar-refractivity contribution in [1.29, 1.82) is 0 Å². The SMILES string of the molecule is CCCC[C@H](C)C1C(=O)N(Cc2ccccc2)c2ccccc21. The van der Waals surface area contributed by atoms with E-state index < -0.39 is 0 Å². The summed E-state index contributed by atoms with van der Waals surface area (Å²) < 4.78 is 0. The maximum absolute atomic E-state index is 13.1. The van der Waals surface area contributed by atoms with Gasteiger partial charge >= 0.3 is 0 Å². The van der Waals surface area contributed by atoms with E-state index in [4.69, 9.17) is 0 Å². The van der Waals surface area contributed by atoms with E-state index in [2.05, 4.69) is 44.2 Å². The lowest BCUT2D eigenvalue weighted by molar-refractivity contribution is -0.120. The number of unbranched alkanes of at least 4 members (excludes halogenated alkanes) is 1. The molecule has 0 fully saturated rings. The molecule has 2 heteroatoms. The van der Waals surface area contributed by atoms with Crippen molar-refractivity contribution in [2.45, 2.75) is 45.6 Å². The smallest absolute Gasteiger partial charge is 0.235 e. The molecule has 2 aromatic rings. The van der Waals surface area contributed by atoms with Crippen LogP contribution in [0.25, 0.3) is 0 Å². The van der Waals surface area contributed by atoms with E-state index in [1.807, 2.05) is 29.2 Å². The Hall–Kier alpha value is -2.09. The molecule has 0 spiro atoms. The van der Waals surface area contributed by atoms with Crippen LogP contribution in [0.3, 0.4) is 0 Å². The fourth-order valence-corrected chi connectivity index (χ4v) is 3.59. The Bertz CT molecular complexity index is 665. The first-order valence-corrected chi connectivity index (χ1v) is 8.66. The Kier molecular flexibility index (Phi) is 4.80. The lowest BCUT2D eigenvalue weighted by Gasteiger charge is -2.21. The van der Waals surface area contributed by atoms with Crippen LogP contribution in [0.5, 0.6) is 0 Å². The molecule has 1 unspecified atom stereocenters. The van der Waals surface area contributed by atoms with Gasteiger partial charge in [0.2, 0.25) is 5.91 Å². The number of carbonyl (C=O) groups is 1. The molecule has 0 aromatic heterocycles. The minimum Gasteiger partial charge on any atom is -0.307 e. The molecule has 1 aliphatic heterocycles. The highest BCUT2D eigenvalue weighted by atomic mass is 16.2. The zero-order valence-electron chi connectivity index (χ0n) is 14.0. The molecular formula is C21H25NO. The number of para-hydroxylation sites is 1. The first-order valence-electron chi connectivity index (χ1n) is 8.66. The molecule has 0 saturated heterocycles. The van der Waals surface area contributed by atoms with Gasteiger partial charge in [-0.05, 0) is 29.5 Å². The van der Waals surface area contributed by atoms with Gasteiger partial charge in [0.25, 0.3) is 0 Å². The van der Waals surface area contributed by atoms with E-state index >= 15 is 0 Å². The molecule has 2 atom stereocenters. The number of hydrogen-bond donors (Lipinski definition) is 0. The van der Waals surface area contributed by atoms with Crippen LogP contribution in [0.4, 0.5) is 5.69 Å². The second-order valence-corrected chi connectivity index (χ2v) is 6.57. The van der Waals surface area contributed by atoms with Gasteiger partial charge in [0.05, 0.1) is 12.5 Å². The van der Waals surface area contributed by atoms with Crippen molar-refractivity contribution in [3.63, 3.8) is 0 Å². The van der Waals surface area contributed by atoms with Gasteiger partial charge < -0.3 is 4.90 Å². The van der Waals surface area contributed by atoms with Gasteiger partial charge in [-0.15, -0.1) is 0 Å². The van der Waals surface area contributed by atoms with E-state index in [1.54, 1.807) is 0 Å². The Labute approximate surface area is 139 Å². The second-order valence-electron chi connectivity index (χ2n) is 6.57. The summed E-state index contributed by atoms with van der Waals surface area (Å²) in [6.45, 7) is 5.09. The van der Waals surface area contributed by atoms with Gasteiger partial charge in [0.1, 0.15) is 0 Å². The Morgan fingerprint density at radius 2 is 1.74 bits per heavy atom. The maximum atomic E-state index is 13.1. The summed E-state index contributed by atoms with van der Waals surface area (Å²) in [5.41, 5.74) is 3.48. The minimum atomic E-state index is 0.0152. The molecule has 23 heavy (non-hydrogen) atoms. The average molecular weight is 307 g/mol.